The molecule has 2 atom stereocenters. The third-order valence-electron chi connectivity index (χ3n) is 15.2. The van der Waals surface area contributed by atoms with Crippen LogP contribution in [0.1, 0.15) is 16.7 Å². The Kier molecular flexibility index (Phi) is 11.0. The molecule has 0 radical (unpaired) electrons. The van der Waals surface area contributed by atoms with E-state index < -0.39 is 0 Å². The van der Waals surface area contributed by atoms with Crippen LogP contribution in [0.2, 0.25) is 0 Å². The summed E-state index contributed by atoms with van der Waals surface area (Å²) in [6.07, 6.45) is 12.4. The van der Waals surface area contributed by atoms with Gasteiger partial charge in [-0.25, -0.2) is 0 Å². The molecule has 74 heavy (non-hydrogen) atoms. The van der Waals surface area contributed by atoms with Gasteiger partial charge in [0, 0.05) is 65.5 Å². The normalized spacial score (nSPS) is 15.3. The molecule has 2 nitrogen and oxygen atoms in total. The van der Waals surface area contributed by atoms with Crippen molar-refractivity contribution in [2.24, 2.45) is 5.92 Å². The van der Waals surface area contributed by atoms with Gasteiger partial charge in [-0.05, 0) is 127 Å². The SMILES string of the molecule is C1=CC=C(N(c2ccccc2)c2ccc3c(c2)sc2c(-c4cccc5ccccc45)cc(/C(=C\c4ccccc4)Cc4cccc5ccccc45)cc23)C2C(=C1)C2N(c1ccccc1)c1cccc2ccccc12. The lowest BCUT2D eigenvalue weighted by Crippen LogP contribution is -2.25. The maximum Gasteiger partial charge on any atom is 0.0683 e. The second kappa shape index (κ2) is 18.5. The van der Waals surface area contributed by atoms with Gasteiger partial charge in [0.05, 0.1) is 6.04 Å². The summed E-state index contributed by atoms with van der Waals surface area (Å²) in [5.74, 6) is 0.138. The molecule has 14 rings (SSSR count). The Balaban J connectivity index is 0.944. The van der Waals surface area contributed by atoms with E-state index in [4.69, 9.17) is 0 Å². The van der Waals surface area contributed by atoms with E-state index in [1.165, 1.54) is 109 Å². The lowest BCUT2D eigenvalue weighted by molar-refractivity contribution is 0.855. The molecule has 2 aliphatic carbocycles. The highest BCUT2D eigenvalue weighted by Crippen LogP contribution is 2.56. The Morgan fingerprint density at radius 1 is 0.446 bits per heavy atom. The summed E-state index contributed by atoms with van der Waals surface area (Å²) in [7, 11) is 0. The fourth-order valence-electron chi connectivity index (χ4n) is 11.7. The predicted molar refractivity (Wildman–Crippen MR) is 318 cm³/mol. The average molecular weight is 963 g/mol. The summed E-state index contributed by atoms with van der Waals surface area (Å²) in [6, 6.07) is 91.6. The molecular formula is C71H50N2S. The lowest BCUT2D eigenvalue weighted by Gasteiger charge is -2.31. The van der Waals surface area contributed by atoms with Gasteiger partial charge in [0.15, 0.2) is 0 Å². The minimum atomic E-state index is 0.118. The molecule has 11 aromatic carbocycles. The number of nitrogens with zero attached hydrogens (tertiary/aromatic N) is 2. The Morgan fingerprint density at radius 2 is 1.05 bits per heavy atom. The zero-order valence-electron chi connectivity index (χ0n) is 40.7. The lowest BCUT2D eigenvalue weighted by atomic mass is 9.89. The fourth-order valence-corrected chi connectivity index (χ4v) is 13.0. The van der Waals surface area contributed by atoms with Crippen molar-refractivity contribution < 1.29 is 0 Å². The maximum absolute atomic E-state index is 2.58. The smallest absolute Gasteiger partial charge is 0.0683 e. The summed E-state index contributed by atoms with van der Waals surface area (Å²) in [5, 5.41) is 10.1. The first-order chi connectivity index (χ1) is 36.7. The van der Waals surface area contributed by atoms with Gasteiger partial charge in [0.2, 0.25) is 0 Å². The molecule has 3 heteroatoms. The van der Waals surface area contributed by atoms with Crippen LogP contribution in [-0.2, 0) is 6.42 Å². The summed E-state index contributed by atoms with van der Waals surface area (Å²) in [4.78, 5) is 5.10. The quantitative estimate of drug-likeness (QED) is 0.119. The number of hydrogen-bond acceptors (Lipinski definition) is 3. The summed E-state index contributed by atoms with van der Waals surface area (Å²) in [6.45, 7) is 0. The van der Waals surface area contributed by atoms with Crippen LogP contribution in [0.5, 0.6) is 0 Å². The first-order valence-electron chi connectivity index (χ1n) is 25.7. The molecular weight excluding hydrogens is 913 g/mol. The number of para-hydroxylation sites is 2. The number of anilines is 4. The number of allylic oxidation sites excluding steroid dienone is 5. The Morgan fingerprint density at radius 3 is 1.82 bits per heavy atom. The van der Waals surface area contributed by atoms with Crippen LogP contribution < -0.4 is 9.80 Å². The van der Waals surface area contributed by atoms with Crippen molar-refractivity contribution in [3.63, 3.8) is 0 Å². The molecule has 0 bridgehead atoms. The largest absolute Gasteiger partial charge is 0.333 e. The Labute approximate surface area is 436 Å². The first-order valence-corrected chi connectivity index (χ1v) is 26.5. The summed E-state index contributed by atoms with van der Waals surface area (Å²) >= 11 is 1.91. The highest BCUT2D eigenvalue weighted by atomic mass is 32.1. The zero-order valence-corrected chi connectivity index (χ0v) is 41.5. The zero-order chi connectivity index (χ0) is 49.0. The molecule has 0 aliphatic heterocycles. The van der Waals surface area contributed by atoms with E-state index in [-0.39, 0.29) is 12.0 Å². The van der Waals surface area contributed by atoms with Crippen LogP contribution in [0.3, 0.4) is 0 Å². The molecule has 0 N–H and O–H groups in total. The van der Waals surface area contributed by atoms with Crippen LogP contribution >= 0.6 is 11.3 Å². The molecule has 1 aromatic heterocycles. The second-order valence-electron chi connectivity index (χ2n) is 19.5. The van der Waals surface area contributed by atoms with Gasteiger partial charge in [-0.2, -0.15) is 0 Å². The van der Waals surface area contributed by atoms with E-state index in [9.17, 15) is 0 Å². The van der Waals surface area contributed by atoms with E-state index in [1.807, 2.05) is 11.3 Å². The van der Waals surface area contributed by atoms with Crippen LogP contribution in [0, 0.1) is 5.92 Å². The number of rotatable bonds is 11. The van der Waals surface area contributed by atoms with Crippen LogP contribution in [0.15, 0.2) is 284 Å². The van der Waals surface area contributed by atoms with Crippen molar-refractivity contribution in [2.75, 3.05) is 9.80 Å². The van der Waals surface area contributed by atoms with Gasteiger partial charge in [0.1, 0.15) is 0 Å². The second-order valence-corrected chi connectivity index (χ2v) is 20.6. The number of thiophene rings is 1. The predicted octanol–water partition coefficient (Wildman–Crippen LogP) is 19.3. The van der Waals surface area contributed by atoms with E-state index in [2.05, 4.69) is 289 Å². The van der Waals surface area contributed by atoms with Gasteiger partial charge in [0.25, 0.3) is 0 Å². The number of benzene rings is 11. The van der Waals surface area contributed by atoms with Gasteiger partial charge in [-0.3, -0.25) is 0 Å². The maximum atomic E-state index is 2.58. The molecule has 0 spiro atoms. The van der Waals surface area contributed by atoms with Gasteiger partial charge in [-0.15, -0.1) is 11.3 Å². The van der Waals surface area contributed by atoms with Crippen LogP contribution in [0.4, 0.5) is 22.7 Å². The van der Waals surface area contributed by atoms with Crippen LogP contribution in [-0.4, -0.2) is 6.04 Å². The van der Waals surface area contributed by atoms with E-state index in [0.717, 1.165) is 17.8 Å². The highest BCUT2D eigenvalue weighted by Gasteiger charge is 2.52. The van der Waals surface area contributed by atoms with Crippen molar-refractivity contribution >= 4 is 98.2 Å². The molecule has 0 saturated heterocycles. The molecule has 2 aliphatic rings. The van der Waals surface area contributed by atoms with Crippen molar-refractivity contribution in [1.29, 1.82) is 0 Å². The van der Waals surface area contributed by atoms with Gasteiger partial charge >= 0.3 is 0 Å². The Hall–Kier alpha value is -9.02. The molecule has 1 fully saturated rings. The van der Waals surface area contributed by atoms with E-state index in [1.54, 1.807) is 0 Å². The van der Waals surface area contributed by atoms with Gasteiger partial charge < -0.3 is 9.80 Å². The monoisotopic (exact) mass is 962 g/mol. The highest BCUT2D eigenvalue weighted by molar-refractivity contribution is 7.26. The van der Waals surface area contributed by atoms with Crippen molar-refractivity contribution in [2.45, 2.75) is 12.5 Å². The van der Waals surface area contributed by atoms with Crippen molar-refractivity contribution in [3.8, 4) is 11.1 Å². The minimum absolute atomic E-state index is 0.118. The summed E-state index contributed by atoms with van der Waals surface area (Å²) in [5.41, 5.74) is 14.9. The third kappa shape index (κ3) is 7.81. The first kappa shape index (κ1) is 43.7. The topological polar surface area (TPSA) is 6.48 Å². The molecule has 1 heterocycles. The van der Waals surface area contributed by atoms with Crippen LogP contribution in [0.25, 0.3) is 75.3 Å². The minimum Gasteiger partial charge on any atom is -0.333 e. The van der Waals surface area contributed by atoms with Crippen molar-refractivity contribution in [3.05, 3.63) is 301 Å². The van der Waals surface area contributed by atoms with Crippen molar-refractivity contribution in [1.82, 2.24) is 0 Å². The summed E-state index contributed by atoms with van der Waals surface area (Å²) < 4.78 is 2.56. The standard InChI is InChI=1S/C71H50N2S/c1-4-21-48(22-5-1)43-53(44-52-29-18-26-49-23-10-13-34-58(49)52)54-45-64(61-38-19-27-50-24-11-14-35-59(50)61)71-65(46-54)62-42-41-57(47-68(62)74-71)72(55-30-6-2-7-31-55)67-39-17-16-37-63-69(67)70(63)73(56-32-8-3-9-33-56)66-40-20-28-51-25-12-15-36-60(51)66/h1-43,45-47,69-70H,44H2/b53-43-. The molecule has 12 aromatic rings. The molecule has 0 amide bonds. The average Bonchev–Trinajstić information content (AvgIpc) is 4.15. The van der Waals surface area contributed by atoms with E-state index in [0.29, 0.717) is 0 Å². The molecule has 350 valence electrons. The number of fused-ring (bicyclic) bond motifs is 7. The molecule has 2 unspecified atom stereocenters. The molecule has 1 saturated carbocycles. The third-order valence-corrected chi connectivity index (χ3v) is 16.4. The number of hydrogen-bond donors (Lipinski definition) is 0. The van der Waals surface area contributed by atoms with E-state index >= 15 is 0 Å². The Bertz CT molecular complexity index is 4220. The van der Waals surface area contributed by atoms with Gasteiger partial charge in [-0.1, -0.05) is 218 Å². The fraction of sp³-hybridized carbons (Fsp3) is 0.0423.